The Kier molecular flexibility index (Phi) is 6.02. The first kappa shape index (κ1) is 22.4. The topological polar surface area (TPSA) is 140 Å². The van der Waals surface area contributed by atoms with Crippen LogP contribution in [-0.4, -0.2) is 56.2 Å². The van der Waals surface area contributed by atoms with Crippen LogP contribution < -0.4 is 16.1 Å². The third-order valence-corrected chi connectivity index (χ3v) is 6.26. The number of fused-ring (bicyclic) bond motifs is 1. The third-order valence-electron chi connectivity index (χ3n) is 6.26. The molecule has 5 rings (SSSR count). The summed E-state index contributed by atoms with van der Waals surface area (Å²) in [7, 11) is 0. The van der Waals surface area contributed by atoms with Crippen LogP contribution in [0.3, 0.4) is 0 Å². The molecule has 10 nitrogen and oxygen atoms in total. The van der Waals surface area contributed by atoms with Crippen molar-refractivity contribution in [2.75, 3.05) is 23.3 Å². The maximum absolute atomic E-state index is 12.9. The summed E-state index contributed by atoms with van der Waals surface area (Å²) >= 11 is 0. The number of hydrogen-bond acceptors (Lipinski definition) is 6. The minimum Gasteiger partial charge on any atom is -0.464 e. The summed E-state index contributed by atoms with van der Waals surface area (Å²) in [5.74, 6) is 5.57. The lowest BCUT2D eigenvalue weighted by molar-refractivity contribution is 0.102. The first-order valence-corrected chi connectivity index (χ1v) is 11.3. The van der Waals surface area contributed by atoms with Gasteiger partial charge in [-0.1, -0.05) is 30.3 Å². The lowest BCUT2D eigenvalue weighted by Gasteiger charge is -2.38. The number of aromatic amines is 1. The van der Waals surface area contributed by atoms with Gasteiger partial charge in [0.25, 0.3) is 5.91 Å². The highest BCUT2D eigenvalue weighted by Gasteiger charge is 2.30. The fourth-order valence-corrected chi connectivity index (χ4v) is 4.57. The average Bonchev–Trinajstić information content (AvgIpc) is 3.31. The maximum atomic E-state index is 12.9. The maximum Gasteiger partial charge on any atom is 0.421 e. The molecule has 1 aliphatic rings. The van der Waals surface area contributed by atoms with E-state index in [1.165, 1.54) is 6.20 Å². The predicted octanol–water partition coefficient (Wildman–Crippen LogP) is 3.70. The van der Waals surface area contributed by atoms with Crippen LogP contribution in [-0.2, 0) is 0 Å². The fourth-order valence-electron chi connectivity index (χ4n) is 4.57. The van der Waals surface area contributed by atoms with Gasteiger partial charge in [-0.05, 0) is 30.5 Å². The van der Waals surface area contributed by atoms with Crippen LogP contribution in [0.2, 0.25) is 0 Å². The number of aromatic nitrogens is 3. The van der Waals surface area contributed by atoms with E-state index in [0.717, 1.165) is 33.6 Å². The van der Waals surface area contributed by atoms with E-state index < -0.39 is 6.09 Å². The molecule has 1 atom stereocenters. The molecule has 4 heterocycles. The standard InChI is InChI=1S/C25H25N7O3/c26-32(25(34)35)18-9-5-11-31(15-18)22-19(16-6-2-1-3-7-16)13-28-23-21(22)20(14-29-23)30-24(33)17-8-4-10-27-12-17/h1-4,6-8,10,12-14,18H,5,9,11,15,26H2,(H,28,29)(H,30,33)(H,34,35). The van der Waals surface area contributed by atoms with Crippen LogP contribution in [0.5, 0.6) is 0 Å². The van der Waals surface area contributed by atoms with Crippen molar-refractivity contribution < 1.29 is 14.7 Å². The van der Waals surface area contributed by atoms with E-state index in [4.69, 9.17) is 5.84 Å². The van der Waals surface area contributed by atoms with E-state index >= 15 is 0 Å². The number of H-pyrrole nitrogens is 1. The van der Waals surface area contributed by atoms with Gasteiger partial charge >= 0.3 is 6.09 Å². The van der Waals surface area contributed by atoms with Crippen LogP contribution >= 0.6 is 0 Å². The highest BCUT2D eigenvalue weighted by atomic mass is 16.4. The molecule has 1 unspecified atom stereocenters. The number of pyridine rings is 2. The molecule has 0 saturated carbocycles. The lowest BCUT2D eigenvalue weighted by Crippen LogP contribution is -2.53. The van der Waals surface area contributed by atoms with Crippen molar-refractivity contribution in [2.24, 2.45) is 5.84 Å². The molecule has 10 heteroatoms. The largest absolute Gasteiger partial charge is 0.464 e. The second kappa shape index (κ2) is 9.43. The Morgan fingerprint density at radius 2 is 2.00 bits per heavy atom. The second-order valence-corrected chi connectivity index (χ2v) is 8.44. The van der Waals surface area contributed by atoms with Crippen molar-refractivity contribution in [3.63, 3.8) is 0 Å². The molecule has 1 fully saturated rings. The zero-order chi connectivity index (χ0) is 24.4. The molecule has 1 saturated heterocycles. The average molecular weight is 472 g/mol. The quantitative estimate of drug-likeness (QED) is 0.198. The fraction of sp³-hybridized carbons (Fsp3) is 0.200. The van der Waals surface area contributed by atoms with Crippen molar-refractivity contribution in [2.45, 2.75) is 18.9 Å². The van der Waals surface area contributed by atoms with E-state index in [9.17, 15) is 14.7 Å². The van der Waals surface area contributed by atoms with E-state index in [1.807, 2.05) is 30.3 Å². The van der Waals surface area contributed by atoms with Gasteiger partial charge < -0.3 is 20.3 Å². The summed E-state index contributed by atoms with van der Waals surface area (Å²) in [6, 6.07) is 12.9. The third kappa shape index (κ3) is 4.38. The highest BCUT2D eigenvalue weighted by molar-refractivity contribution is 6.13. The molecule has 2 amide bonds. The normalized spacial score (nSPS) is 15.7. The molecule has 1 aromatic carbocycles. The first-order valence-electron chi connectivity index (χ1n) is 11.3. The van der Waals surface area contributed by atoms with Crippen molar-refractivity contribution in [1.82, 2.24) is 20.0 Å². The number of carboxylic acid groups (broad SMARTS) is 1. The smallest absolute Gasteiger partial charge is 0.421 e. The number of hydrazine groups is 1. The van der Waals surface area contributed by atoms with E-state index in [2.05, 4.69) is 25.2 Å². The van der Waals surface area contributed by atoms with E-state index in [1.54, 1.807) is 30.7 Å². The van der Waals surface area contributed by atoms with Gasteiger partial charge in [0.05, 0.1) is 28.4 Å². The van der Waals surface area contributed by atoms with Gasteiger partial charge in [-0.25, -0.2) is 20.6 Å². The lowest BCUT2D eigenvalue weighted by atomic mass is 9.99. The number of nitrogens with two attached hydrogens (primary N) is 1. The SMILES string of the molecule is NN(C(=O)O)C1CCCN(c2c(-c3ccccc3)cnc3[nH]cc(NC(=O)c4cccnc4)c23)C1. The molecule has 0 spiro atoms. The Bertz CT molecular complexity index is 1360. The van der Waals surface area contributed by atoms with Gasteiger partial charge in [0.1, 0.15) is 5.65 Å². The Morgan fingerprint density at radius 3 is 2.74 bits per heavy atom. The number of anilines is 2. The van der Waals surface area contributed by atoms with Crippen LogP contribution in [0.4, 0.5) is 16.2 Å². The molecule has 1 aliphatic heterocycles. The van der Waals surface area contributed by atoms with Gasteiger partial charge in [-0.3, -0.25) is 9.78 Å². The van der Waals surface area contributed by atoms with Gasteiger partial charge in [-0.2, -0.15) is 0 Å². The van der Waals surface area contributed by atoms with Crippen molar-refractivity contribution in [1.29, 1.82) is 0 Å². The number of carbonyl (C=O) groups excluding carboxylic acids is 1. The van der Waals surface area contributed by atoms with Crippen molar-refractivity contribution in [3.8, 4) is 11.1 Å². The van der Waals surface area contributed by atoms with Gasteiger partial charge in [-0.15, -0.1) is 0 Å². The monoisotopic (exact) mass is 471 g/mol. The van der Waals surface area contributed by atoms with Gasteiger partial charge in [0.15, 0.2) is 0 Å². The number of nitrogens with zero attached hydrogens (tertiary/aromatic N) is 4. The molecule has 4 aromatic rings. The van der Waals surface area contributed by atoms with E-state index in [0.29, 0.717) is 36.4 Å². The molecule has 5 N–H and O–H groups in total. The van der Waals surface area contributed by atoms with E-state index in [-0.39, 0.29) is 11.9 Å². The number of nitrogens with one attached hydrogen (secondary N) is 2. The van der Waals surface area contributed by atoms with Crippen LogP contribution in [0.25, 0.3) is 22.2 Å². The minimum atomic E-state index is -1.16. The molecule has 0 bridgehead atoms. The second-order valence-electron chi connectivity index (χ2n) is 8.44. The Morgan fingerprint density at radius 1 is 1.17 bits per heavy atom. The van der Waals surface area contributed by atoms with Crippen LogP contribution in [0.1, 0.15) is 23.2 Å². The minimum absolute atomic E-state index is 0.286. The summed E-state index contributed by atoms with van der Waals surface area (Å²) < 4.78 is 0. The Balaban J connectivity index is 1.62. The summed E-state index contributed by atoms with van der Waals surface area (Å²) in [6.07, 6.45) is 6.93. The van der Waals surface area contributed by atoms with Crippen molar-refractivity contribution >= 4 is 34.4 Å². The number of hydrogen-bond donors (Lipinski definition) is 4. The summed E-state index contributed by atoms with van der Waals surface area (Å²) in [5, 5.41) is 14.1. The van der Waals surface area contributed by atoms with Crippen LogP contribution in [0.15, 0.2) is 67.3 Å². The first-order chi connectivity index (χ1) is 17.0. The summed E-state index contributed by atoms with van der Waals surface area (Å²) in [5.41, 5.74) is 4.35. The number of piperidine rings is 1. The molecule has 35 heavy (non-hydrogen) atoms. The molecule has 3 aromatic heterocycles. The Hall–Kier alpha value is -4.44. The zero-order valence-electron chi connectivity index (χ0n) is 18.9. The molecular weight excluding hydrogens is 446 g/mol. The molecule has 178 valence electrons. The number of rotatable bonds is 5. The van der Waals surface area contributed by atoms with Gasteiger partial charge in [0, 0.05) is 43.4 Å². The van der Waals surface area contributed by atoms with Crippen molar-refractivity contribution in [3.05, 3.63) is 72.8 Å². The predicted molar refractivity (Wildman–Crippen MR) is 133 cm³/mol. The highest BCUT2D eigenvalue weighted by Crippen LogP contribution is 2.41. The Labute approximate surface area is 201 Å². The summed E-state index contributed by atoms with van der Waals surface area (Å²) in [6.45, 7) is 1.13. The number of benzene rings is 1. The molecule has 0 radical (unpaired) electrons. The van der Waals surface area contributed by atoms with Gasteiger partial charge in [0.2, 0.25) is 0 Å². The number of carbonyl (C=O) groups is 2. The molecular formula is C25H25N7O3. The number of amides is 2. The summed E-state index contributed by atoms with van der Waals surface area (Å²) in [4.78, 5) is 38.4. The molecule has 0 aliphatic carbocycles. The zero-order valence-corrected chi connectivity index (χ0v) is 18.9. The van der Waals surface area contributed by atoms with Crippen LogP contribution in [0, 0.1) is 0 Å².